The highest BCUT2D eigenvalue weighted by Crippen LogP contribution is 2.27. The Balaban J connectivity index is 1.74. The number of hydrogen-bond acceptors (Lipinski definition) is 3. The van der Waals surface area contributed by atoms with Crippen LogP contribution in [-0.4, -0.2) is 33.9 Å². The van der Waals surface area contributed by atoms with Crippen molar-refractivity contribution in [1.82, 2.24) is 14.7 Å². The maximum atomic E-state index is 6.08. The van der Waals surface area contributed by atoms with Gasteiger partial charge in [-0.2, -0.15) is 5.10 Å². The van der Waals surface area contributed by atoms with Crippen molar-refractivity contribution in [3.05, 3.63) is 52.8 Å². The molecule has 2 heterocycles. The number of aryl methyl sites for hydroxylation is 1. The van der Waals surface area contributed by atoms with Crippen molar-refractivity contribution in [3.63, 3.8) is 0 Å². The van der Waals surface area contributed by atoms with E-state index in [0.29, 0.717) is 6.04 Å². The van der Waals surface area contributed by atoms with E-state index in [2.05, 4.69) is 29.1 Å². The van der Waals surface area contributed by atoms with Crippen LogP contribution in [-0.2, 0) is 18.3 Å². The van der Waals surface area contributed by atoms with E-state index < -0.39 is 0 Å². The molecule has 1 saturated heterocycles. The first-order chi connectivity index (χ1) is 10.1. The lowest BCUT2D eigenvalue weighted by Gasteiger charge is -2.38. The molecule has 1 aliphatic rings. The molecule has 21 heavy (non-hydrogen) atoms. The van der Waals surface area contributed by atoms with Crippen LogP contribution in [0.2, 0.25) is 5.02 Å². The van der Waals surface area contributed by atoms with Gasteiger partial charge in [0, 0.05) is 37.4 Å². The monoisotopic (exact) mass is 305 g/mol. The second kappa shape index (κ2) is 6.18. The highest BCUT2D eigenvalue weighted by molar-refractivity contribution is 6.30. The second-order valence-corrected chi connectivity index (χ2v) is 6.04. The average Bonchev–Trinajstić information content (AvgIpc) is 2.87. The van der Waals surface area contributed by atoms with Crippen LogP contribution in [0.1, 0.15) is 24.3 Å². The summed E-state index contributed by atoms with van der Waals surface area (Å²) in [5.41, 5.74) is 2.36. The molecule has 1 fully saturated rings. The minimum Gasteiger partial charge on any atom is -0.371 e. The van der Waals surface area contributed by atoms with Gasteiger partial charge in [0.05, 0.1) is 18.4 Å². The van der Waals surface area contributed by atoms with E-state index in [1.807, 2.05) is 36.1 Å². The molecular formula is C16H20ClN3O. The number of ether oxygens (including phenoxy) is 1. The molecule has 0 amide bonds. The van der Waals surface area contributed by atoms with Crippen molar-refractivity contribution in [3.8, 4) is 0 Å². The third kappa shape index (κ3) is 3.28. The lowest BCUT2D eigenvalue weighted by Crippen LogP contribution is -2.44. The van der Waals surface area contributed by atoms with Gasteiger partial charge >= 0.3 is 0 Å². The fourth-order valence-corrected chi connectivity index (χ4v) is 2.90. The third-order valence-electron chi connectivity index (χ3n) is 4.07. The second-order valence-electron chi connectivity index (χ2n) is 5.60. The van der Waals surface area contributed by atoms with Crippen molar-refractivity contribution < 1.29 is 4.74 Å². The highest BCUT2D eigenvalue weighted by atomic mass is 35.5. The smallest absolute Gasteiger partial charge is 0.0953 e. The van der Waals surface area contributed by atoms with Crippen molar-refractivity contribution >= 4 is 11.6 Å². The molecular weight excluding hydrogens is 286 g/mol. The SMILES string of the molecule is C[C@@H]1CO[C@@H](c2cccc(Cl)c2)CN1Cc1ccnn1C. The molecule has 1 aromatic carbocycles. The van der Waals surface area contributed by atoms with E-state index >= 15 is 0 Å². The first-order valence-corrected chi connectivity index (χ1v) is 7.59. The van der Waals surface area contributed by atoms with E-state index in [0.717, 1.165) is 30.3 Å². The van der Waals surface area contributed by atoms with Gasteiger partial charge in [0.15, 0.2) is 0 Å². The molecule has 5 heteroatoms. The zero-order valence-corrected chi connectivity index (χ0v) is 13.1. The maximum Gasteiger partial charge on any atom is 0.0953 e. The summed E-state index contributed by atoms with van der Waals surface area (Å²) < 4.78 is 7.92. The Morgan fingerprint density at radius 1 is 1.38 bits per heavy atom. The van der Waals surface area contributed by atoms with Gasteiger partial charge in [0.1, 0.15) is 0 Å². The Morgan fingerprint density at radius 2 is 2.24 bits per heavy atom. The molecule has 3 rings (SSSR count). The Kier molecular flexibility index (Phi) is 4.29. The molecule has 2 atom stereocenters. The summed E-state index contributed by atoms with van der Waals surface area (Å²) >= 11 is 6.08. The standard InChI is InChI=1S/C16H20ClN3O/c1-12-11-21-16(13-4-3-5-14(17)8-13)10-20(12)9-15-6-7-18-19(15)2/h3-8,12,16H,9-11H2,1-2H3/t12-,16-/m1/s1. The number of aromatic nitrogens is 2. The summed E-state index contributed by atoms with van der Waals surface area (Å²) in [4.78, 5) is 2.44. The fourth-order valence-electron chi connectivity index (χ4n) is 2.70. The molecule has 1 aliphatic heterocycles. The lowest BCUT2D eigenvalue weighted by molar-refractivity contribution is -0.0639. The summed E-state index contributed by atoms with van der Waals surface area (Å²) in [5, 5.41) is 4.99. The van der Waals surface area contributed by atoms with Crippen LogP contribution in [0.3, 0.4) is 0 Å². The molecule has 112 valence electrons. The minimum atomic E-state index is 0.0770. The predicted molar refractivity (Wildman–Crippen MR) is 83.2 cm³/mol. The van der Waals surface area contributed by atoms with Crippen molar-refractivity contribution in [2.45, 2.75) is 25.6 Å². The molecule has 4 nitrogen and oxygen atoms in total. The molecule has 0 aliphatic carbocycles. The van der Waals surface area contributed by atoms with E-state index in [4.69, 9.17) is 16.3 Å². The number of hydrogen-bond donors (Lipinski definition) is 0. The first kappa shape index (κ1) is 14.6. The van der Waals surface area contributed by atoms with E-state index in [1.165, 1.54) is 5.69 Å². The van der Waals surface area contributed by atoms with Crippen LogP contribution in [0, 0.1) is 0 Å². The van der Waals surface area contributed by atoms with Gasteiger partial charge in [-0.1, -0.05) is 23.7 Å². The van der Waals surface area contributed by atoms with Crippen LogP contribution in [0.25, 0.3) is 0 Å². The average molecular weight is 306 g/mol. The summed E-state index contributed by atoms with van der Waals surface area (Å²) in [6, 6.07) is 10.4. The number of rotatable bonds is 3. The van der Waals surface area contributed by atoms with Gasteiger partial charge < -0.3 is 4.74 Å². The number of halogens is 1. The van der Waals surface area contributed by atoms with Gasteiger partial charge in [-0.25, -0.2) is 0 Å². The van der Waals surface area contributed by atoms with Crippen molar-refractivity contribution in [1.29, 1.82) is 0 Å². The van der Waals surface area contributed by atoms with Crippen LogP contribution < -0.4 is 0 Å². The van der Waals surface area contributed by atoms with Crippen LogP contribution in [0.4, 0.5) is 0 Å². The lowest BCUT2D eigenvalue weighted by atomic mass is 10.1. The first-order valence-electron chi connectivity index (χ1n) is 7.21. The minimum absolute atomic E-state index is 0.0770. The van der Waals surface area contributed by atoms with E-state index in [9.17, 15) is 0 Å². The number of nitrogens with zero attached hydrogens (tertiary/aromatic N) is 3. The zero-order chi connectivity index (χ0) is 14.8. The van der Waals surface area contributed by atoms with Crippen LogP contribution in [0.15, 0.2) is 36.5 Å². The fraction of sp³-hybridized carbons (Fsp3) is 0.438. The van der Waals surface area contributed by atoms with E-state index in [1.54, 1.807) is 0 Å². The highest BCUT2D eigenvalue weighted by Gasteiger charge is 2.27. The van der Waals surface area contributed by atoms with Crippen molar-refractivity contribution in [2.75, 3.05) is 13.2 Å². The Morgan fingerprint density at radius 3 is 2.95 bits per heavy atom. The predicted octanol–water partition coefficient (Wildman–Crippen LogP) is 3.04. The van der Waals surface area contributed by atoms with Gasteiger partial charge in [-0.3, -0.25) is 9.58 Å². The third-order valence-corrected chi connectivity index (χ3v) is 4.31. The molecule has 1 aromatic heterocycles. The molecule has 2 aromatic rings. The van der Waals surface area contributed by atoms with E-state index in [-0.39, 0.29) is 6.10 Å². The molecule has 0 radical (unpaired) electrons. The molecule has 0 saturated carbocycles. The molecule has 0 N–H and O–H groups in total. The largest absolute Gasteiger partial charge is 0.371 e. The Hall–Kier alpha value is -1.36. The normalized spacial score (nSPS) is 23.4. The molecule has 0 unspecified atom stereocenters. The topological polar surface area (TPSA) is 30.3 Å². The summed E-state index contributed by atoms with van der Waals surface area (Å²) in [5.74, 6) is 0. The zero-order valence-electron chi connectivity index (χ0n) is 12.4. The summed E-state index contributed by atoms with van der Waals surface area (Å²) in [6.45, 7) is 4.68. The van der Waals surface area contributed by atoms with Gasteiger partial charge in [-0.15, -0.1) is 0 Å². The quantitative estimate of drug-likeness (QED) is 0.873. The molecule has 0 bridgehead atoms. The summed E-state index contributed by atoms with van der Waals surface area (Å²) in [7, 11) is 1.98. The number of benzene rings is 1. The summed E-state index contributed by atoms with van der Waals surface area (Å²) in [6.07, 6.45) is 1.92. The van der Waals surface area contributed by atoms with Crippen LogP contribution in [0.5, 0.6) is 0 Å². The van der Waals surface area contributed by atoms with Gasteiger partial charge in [-0.05, 0) is 30.7 Å². The van der Waals surface area contributed by atoms with Gasteiger partial charge in [0.25, 0.3) is 0 Å². The van der Waals surface area contributed by atoms with Gasteiger partial charge in [0.2, 0.25) is 0 Å². The van der Waals surface area contributed by atoms with Crippen molar-refractivity contribution in [2.24, 2.45) is 7.05 Å². The number of morpholine rings is 1. The maximum absolute atomic E-state index is 6.08. The Bertz CT molecular complexity index is 613. The van der Waals surface area contributed by atoms with Crippen LogP contribution >= 0.6 is 11.6 Å². The molecule has 0 spiro atoms. The Labute approximate surface area is 130 Å².